The molecule has 3 rings (SSSR count). The van der Waals surface area contributed by atoms with E-state index in [0.717, 1.165) is 11.5 Å². The Labute approximate surface area is 160 Å². The smallest absolute Gasteiger partial charge is 0.328 e. The molecule has 0 atom stereocenters. The van der Waals surface area contributed by atoms with E-state index in [2.05, 4.69) is 14.9 Å². The number of sulfonamides is 1. The molecule has 2 aromatic carbocycles. The van der Waals surface area contributed by atoms with Crippen LogP contribution in [0.2, 0.25) is 0 Å². The third kappa shape index (κ3) is 3.91. The van der Waals surface area contributed by atoms with E-state index in [1.807, 2.05) is 0 Å². The van der Waals surface area contributed by atoms with Crippen molar-refractivity contribution in [3.8, 4) is 11.5 Å². The summed E-state index contributed by atoms with van der Waals surface area (Å²) in [4.78, 5) is 10.6. The molecule has 0 aliphatic heterocycles. The van der Waals surface area contributed by atoms with Crippen molar-refractivity contribution >= 4 is 38.7 Å². The summed E-state index contributed by atoms with van der Waals surface area (Å²) in [5, 5.41) is 16.3. The minimum Gasteiger partial charge on any atom is -0.493 e. The molecule has 0 amide bonds. The number of fused-ring (bicyclic) bond motifs is 1. The molecular weight excluding hydrogens is 386 g/mol. The number of nitrogens with one attached hydrogen (secondary N) is 2. The fourth-order valence-electron chi connectivity index (χ4n) is 2.62. The molecule has 0 saturated heterocycles. The van der Waals surface area contributed by atoms with Gasteiger partial charge < -0.3 is 14.6 Å². The summed E-state index contributed by atoms with van der Waals surface area (Å²) >= 11 is 0. The van der Waals surface area contributed by atoms with Gasteiger partial charge in [0.15, 0.2) is 11.5 Å². The van der Waals surface area contributed by atoms with Crippen LogP contribution in [0.5, 0.6) is 11.5 Å². The van der Waals surface area contributed by atoms with E-state index >= 15 is 0 Å². The van der Waals surface area contributed by atoms with Gasteiger partial charge in [0, 0.05) is 11.5 Å². The van der Waals surface area contributed by atoms with E-state index in [1.165, 1.54) is 32.4 Å². The van der Waals surface area contributed by atoms with Gasteiger partial charge in [-0.25, -0.2) is 13.2 Å². The number of ether oxygens (including phenoxy) is 2. The van der Waals surface area contributed by atoms with Crippen LogP contribution in [0.25, 0.3) is 17.0 Å². The lowest BCUT2D eigenvalue weighted by Gasteiger charge is -2.15. The number of carbonyl (C=O) groups is 1. The van der Waals surface area contributed by atoms with Gasteiger partial charge in [-0.1, -0.05) is 0 Å². The molecule has 10 heteroatoms. The van der Waals surface area contributed by atoms with Crippen LogP contribution in [-0.4, -0.2) is 43.9 Å². The number of aliphatic carboxylic acids is 1. The monoisotopic (exact) mass is 403 g/mol. The number of hydrogen-bond acceptors (Lipinski definition) is 6. The predicted octanol–water partition coefficient (Wildman–Crippen LogP) is 2.48. The molecule has 0 saturated carbocycles. The van der Waals surface area contributed by atoms with Crippen molar-refractivity contribution in [3.63, 3.8) is 0 Å². The highest BCUT2D eigenvalue weighted by atomic mass is 32.2. The molecule has 0 spiro atoms. The Kier molecular flexibility index (Phi) is 5.23. The third-order valence-corrected chi connectivity index (χ3v) is 5.26. The van der Waals surface area contributed by atoms with E-state index in [1.54, 1.807) is 24.4 Å². The Balaban J connectivity index is 2.07. The van der Waals surface area contributed by atoms with Gasteiger partial charge in [0.2, 0.25) is 0 Å². The van der Waals surface area contributed by atoms with Crippen LogP contribution in [0.15, 0.2) is 47.5 Å². The second kappa shape index (κ2) is 7.61. The van der Waals surface area contributed by atoms with Crippen molar-refractivity contribution in [3.05, 3.63) is 48.2 Å². The summed E-state index contributed by atoms with van der Waals surface area (Å²) in [6.45, 7) is 0. The largest absolute Gasteiger partial charge is 0.493 e. The van der Waals surface area contributed by atoms with Crippen LogP contribution < -0.4 is 14.2 Å². The molecule has 3 aromatic rings. The number of nitrogens with zero attached hydrogens (tertiary/aromatic N) is 1. The maximum Gasteiger partial charge on any atom is 0.328 e. The summed E-state index contributed by atoms with van der Waals surface area (Å²) in [6, 6.07) is 7.72. The number of methoxy groups -OCH3 is 2. The fraction of sp³-hybridized carbons (Fsp3) is 0.111. The second-order valence-corrected chi connectivity index (χ2v) is 7.35. The van der Waals surface area contributed by atoms with Gasteiger partial charge >= 0.3 is 5.97 Å². The summed E-state index contributed by atoms with van der Waals surface area (Å²) in [5.74, 6) is -1.00. The van der Waals surface area contributed by atoms with Crippen molar-refractivity contribution in [2.24, 2.45) is 0 Å². The molecule has 0 bridgehead atoms. The van der Waals surface area contributed by atoms with Crippen molar-refractivity contribution in [1.29, 1.82) is 0 Å². The van der Waals surface area contributed by atoms with Crippen LogP contribution in [-0.2, 0) is 14.8 Å². The van der Waals surface area contributed by atoms with E-state index in [4.69, 9.17) is 14.6 Å². The van der Waals surface area contributed by atoms with Crippen molar-refractivity contribution in [2.45, 2.75) is 4.90 Å². The zero-order valence-corrected chi connectivity index (χ0v) is 15.8. The van der Waals surface area contributed by atoms with Gasteiger partial charge in [0.1, 0.15) is 4.90 Å². The SMILES string of the molecule is COc1cc(C=CC(=O)O)cc(S(=O)(=O)Nc2ccc3cn[nH]c3c2)c1OC. The molecule has 0 fully saturated rings. The molecular formula is C18H17N3O6S. The third-order valence-electron chi connectivity index (χ3n) is 3.87. The minimum absolute atomic E-state index is 0.00472. The molecule has 3 N–H and O–H groups in total. The van der Waals surface area contributed by atoms with Crippen molar-refractivity contribution in [1.82, 2.24) is 10.2 Å². The number of rotatable bonds is 7. The Morgan fingerprint density at radius 1 is 1.21 bits per heavy atom. The van der Waals surface area contributed by atoms with Crippen molar-refractivity contribution in [2.75, 3.05) is 18.9 Å². The molecule has 1 aromatic heterocycles. The first-order valence-electron chi connectivity index (χ1n) is 7.97. The van der Waals surface area contributed by atoms with Gasteiger partial charge in [-0.3, -0.25) is 9.82 Å². The lowest BCUT2D eigenvalue weighted by Crippen LogP contribution is -2.15. The van der Waals surface area contributed by atoms with Crippen LogP contribution >= 0.6 is 0 Å². The number of anilines is 1. The molecule has 28 heavy (non-hydrogen) atoms. The van der Waals surface area contributed by atoms with Crippen LogP contribution in [0.3, 0.4) is 0 Å². The van der Waals surface area contributed by atoms with Gasteiger partial charge in [-0.05, 0) is 42.0 Å². The quantitative estimate of drug-likeness (QED) is 0.517. The molecule has 0 aliphatic rings. The average molecular weight is 403 g/mol. The second-order valence-electron chi connectivity index (χ2n) is 5.70. The van der Waals surface area contributed by atoms with E-state index in [-0.39, 0.29) is 16.4 Å². The Morgan fingerprint density at radius 2 is 2.00 bits per heavy atom. The highest BCUT2D eigenvalue weighted by Gasteiger charge is 2.24. The standard InChI is InChI=1S/C18H17N3O6S/c1-26-15-7-11(3-6-17(22)23)8-16(18(15)27-2)28(24,25)21-13-5-4-12-10-19-20-14(12)9-13/h3-10,21H,1-2H3,(H,19,20)(H,22,23). The number of carboxylic acid groups (broad SMARTS) is 1. The summed E-state index contributed by atoms with van der Waals surface area (Å²) in [6.07, 6.45) is 3.79. The zero-order chi connectivity index (χ0) is 20.3. The maximum absolute atomic E-state index is 13.0. The Morgan fingerprint density at radius 3 is 2.68 bits per heavy atom. The summed E-state index contributed by atoms with van der Waals surface area (Å²) in [5.41, 5.74) is 1.32. The topological polar surface area (TPSA) is 131 Å². The van der Waals surface area contributed by atoms with Gasteiger partial charge in [0.25, 0.3) is 10.0 Å². The molecule has 1 heterocycles. The highest BCUT2D eigenvalue weighted by Crippen LogP contribution is 2.37. The molecule has 0 aliphatic carbocycles. The van der Waals surface area contributed by atoms with Crippen LogP contribution in [0.4, 0.5) is 5.69 Å². The van der Waals surface area contributed by atoms with Crippen LogP contribution in [0.1, 0.15) is 5.56 Å². The van der Waals surface area contributed by atoms with Gasteiger partial charge in [-0.15, -0.1) is 0 Å². The Bertz CT molecular complexity index is 1170. The summed E-state index contributed by atoms with van der Waals surface area (Å²) in [7, 11) is -1.39. The number of hydrogen-bond donors (Lipinski definition) is 3. The lowest BCUT2D eigenvalue weighted by atomic mass is 10.2. The molecule has 9 nitrogen and oxygen atoms in total. The number of benzene rings is 2. The number of H-pyrrole nitrogens is 1. The first kappa shape index (κ1) is 19.2. The zero-order valence-electron chi connectivity index (χ0n) is 15.0. The van der Waals surface area contributed by atoms with E-state index in [0.29, 0.717) is 16.8 Å². The fourth-order valence-corrected chi connectivity index (χ4v) is 3.89. The van der Waals surface area contributed by atoms with Gasteiger partial charge in [-0.2, -0.15) is 5.10 Å². The van der Waals surface area contributed by atoms with E-state index in [9.17, 15) is 13.2 Å². The molecule has 0 unspecified atom stereocenters. The first-order chi connectivity index (χ1) is 13.3. The predicted molar refractivity (Wildman–Crippen MR) is 103 cm³/mol. The Hall–Kier alpha value is -3.53. The normalized spacial score (nSPS) is 11.6. The number of carboxylic acids is 1. The van der Waals surface area contributed by atoms with E-state index < -0.39 is 16.0 Å². The lowest BCUT2D eigenvalue weighted by molar-refractivity contribution is -0.131. The average Bonchev–Trinajstić information content (AvgIpc) is 3.12. The summed E-state index contributed by atoms with van der Waals surface area (Å²) < 4.78 is 38.9. The molecule has 146 valence electrons. The number of aromatic nitrogens is 2. The number of aromatic amines is 1. The van der Waals surface area contributed by atoms with Crippen molar-refractivity contribution < 1.29 is 27.8 Å². The minimum atomic E-state index is -4.07. The first-order valence-corrected chi connectivity index (χ1v) is 9.45. The van der Waals surface area contributed by atoms with Crippen LogP contribution in [0, 0.1) is 0 Å². The highest BCUT2D eigenvalue weighted by molar-refractivity contribution is 7.92. The van der Waals surface area contributed by atoms with Gasteiger partial charge in [0.05, 0.1) is 31.6 Å². The maximum atomic E-state index is 13.0. The molecule has 0 radical (unpaired) electrons.